The third kappa shape index (κ3) is 3.27. The Bertz CT molecular complexity index is 488. The summed E-state index contributed by atoms with van der Waals surface area (Å²) in [5.74, 6) is 0.110. The van der Waals surface area contributed by atoms with Gasteiger partial charge in [-0.2, -0.15) is 13.9 Å². The lowest BCUT2D eigenvalue weighted by molar-refractivity contribution is -0.0499. The van der Waals surface area contributed by atoms with E-state index in [0.29, 0.717) is 6.54 Å². The Morgan fingerprint density at radius 2 is 2.17 bits per heavy atom. The fourth-order valence-electron chi connectivity index (χ4n) is 1.64. The molecule has 0 aliphatic heterocycles. The minimum Gasteiger partial charge on any atom is -0.435 e. The predicted octanol–water partition coefficient (Wildman–Crippen LogP) is 2.18. The summed E-state index contributed by atoms with van der Waals surface area (Å²) in [5.41, 5.74) is 6.71. The summed E-state index contributed by atoms with van der Waals surface area (Å²) in [6.45, 7) is -2.35. The molecule has 1 unspecified atom stereocenters. The summed E-state index contributed by atoms with van der Waals surface area (Å²) in [6, 6.07) is 7.86. The van der Waals surface area contributed by atoms with Crippen LogP contribution in [0.5, 0.6) is 5.75 Å². The van der Waals surface area contributed by atoms with Gasteiger partial charge in [0, 0.05) is 18.4 Å². The second-order valence-corrected chi connectivity index (χ2v) is 3.79. The molecule has 0 amide bonds. The van der Waals surface area contributed by atoms with Gasteiger partial charge in [-0.15, -0.1) is 0 Å². The van der Waals surface area contributed by atoms with Crippen LogP contribution < -0.4 is 10.5 Å². The standard InChI is InChI=1S/C12H13F2N3O/c13-12(14)18-10-4-1-3-9(7-10)11(15)8-17-6-2-5-16-17/h1-7,11-12H,8,15H2. The van der Waals surface area contributed by atoms with Crippen LogP contribution in [0.1, 0.15) is 11.6 Å². The van der Waals surface area contributed by atoms with E-state index in [0.717, 1.165) is 5.56 Å². The number of nitrogens with two attached hydrogens (primary N) is 1. The highest BCUT2D eigenvalue weighted by Crippen LogP contribution is 2.20. The molecular formula is C12H13F2N3O. The summed E-state index contributed by atoms with van der Waals surface area (Å²) < 4.78 is 30.2. The van der Waals surface area contributed by atoms with Crippen molar-refractivity contribution >= 4 is 0 Å². The minimum atomic E-state index is -2.83. The first-order chi connectivity index (χ1) is 8.65. The number of rotatable bonds is 5. The molecule has 1 heterocycles. The molecule has 1 aromatic heterocycles. The van der Waals surface area contributed by atoms with Crippen molar-refractivity contribution in [2.24, 2.45) is 5.73 Å². The van der Waals surface area contributed by atoms with Gasteiger partial charge in [0.15, 0.2) is 0 Å². The van der Waals surface area contributed by atoms with Crippen LogP contribution in [0.25, 0.3) is 0 Å². The molecule has 1 aromatic carbocycles. The molecule has 6 heteroatoms. The molecule has 0 radical (unpaired) electrons. The number of alkyl halides is 2. The normalized spacial score (nSPS) is 12.7. The minimum absolute atomic E-state index is 0.110. The van der Waals surface area contributed by atoms with Crippen molar-refractivity contribution in [1.82, 2.24) is 9.78 Å². The Morgan fingerprint density at radius 3 is 2.83 bits per heavy atom. The maximum Gasteiger partial charge on any atom is 0.387 e. The van der Waals surface area contributed by atoms with Crippen LogP contribution in [0.2, 0.25) is 0 Å². The van der Waals surface area contributed by atoms with Crippen molar-refractivity contribution in [2.75, 3.05) is 0 Å². The largest absolute Gasteiger partial charge is 0.435 e. The van der Waals surface area contributed by atoms with Crippen LogP contribution in [-0.2, 0) is 6.54 Å². The highest BCUT2D eigenvalue weighted by molar-refractivity contribution is 5.30. The summed E-state index contributed by atoms with van der Waals surface area (Å²) in [5, 5.41) is 4.04. The fourth-order valence-corrected chi connectivity index (χ4v) is 1.64. The summed E-state index contributed by atoms with van der Waals surface area (Å²) in [6.07, 6.45) is 3.45. The van der Waals surface area contributed by atoms with E-state index >= 15 is 0 Å². The van der Waals surface area contributed by atoms with Gasteiger partial charge in [0.25, 0.3) is 0 Å². The lowest BCUT2D eigenvalue weighted by Gasteiger charge is -2.13. The first-order valence-corrected chi connectivity index (χ1v) is 5.43. The van der Waals surface area contributed by atoms with Gasteiger partial charge in [-0.1, -0.05) is 12.1 Å². The highest BCUT2D eigenvalue weighted by Gasteiger charge is 2.10. The number of benzene rings is 1. The van der Waals surface area contributed by atoms with Crippen molar-refractivity contribution in [3.63, 3.8) is 0 Å². The SMILES string of the molecule is NC(Cn1cccn1)c1cccc(OC(F)F)c1. The maximum atomic E-state index is 12.1. The van der Waals surface area contributed by atoms with Crippen LogP contribution >= 0.6 is 0 Å². The van der Waals surface area contributed by atoms with Crippen molar-refractivity contribution in [1.29, 1.82) is 0 Å². The summed E-state index contributed by atoms with van der Waals surface area (Å²) in [4.78, 5) is 0. The Kier molecular flexibility index (Phi) is 3.88. The van der Waals surface area contributed by atoms with Gasteiger partial charge in [0.05, 0.1) is 6.54 Å². The Morgan fingerprint density at radius 1 is 1.33 bits per heavy atom. The molecule has 18 heavy (non-hydrogen) atoms. The van der Waals surface area contributed by atoms with E-state index < -0.39 is 6.61 Å². The molecule has 0 spiro atoms. The number of hydrogen-bond donors (Lipinski definition) is 1. The molecule has 0 saturated heterocycles. The Balaban J connectivity index is 2.07. The van der Waals surface area contributed by atoms with E-state index in [-0.39, 0.29) is 11.8 Å². The summed E-state index contributed by atoms with van der Waals surface area (Å²) in [7, 11) is 0. The van der Waals surface area contributed by atoms with Crippen molar-refractivity contribution in [2.45, 2.75) is 19.2 Å². The zero-order chi connectivity index (χ0) is 13.0. The van der Waals surface area contributed by atoms with Gasteiger partial charge in [0.2, 0.25) is 0 Å². The predicted molar refractivity (Wildman–Crippen MR) is 62.2 cm³/mol. The third-order valence-electron chi connectivity index (χ3n) is 2.45. The molecule has 0 aliphatic rings. The van der Waals surface area contributed by atoms with Crippen molar-refractivity contribution in [3.05, 3.63) is 48.3 Å². The average Bonchev–Trinajstić information content (AvgIpc) is 2.81. The van der Waals surface area contributed by atoms with Crippen molar-refractivity contribution in [3.8, 4) is 5.75 Å². The average molecular weight is 253 g/mol. The first-order valence-electron chi connectivity index (χ1n) is 5.43. The molecule has 0 saturated carbocycles. The quantitative estimate of drug-likeness (QED) is 0.888. The molecule has 0 bridgehead atoms. The topological polar surface area (TPSA) is 53.1 Å². The molecule has 2 rings (SSSR count). The van der Waals surface area contributed by atoms with E-state index in [1.807, 2.05) is 0 Å². The van der Waals surface area contributed by atoms with E-state index in [2.05, 4.69) is 9.84 Å². The van der Waals surface area contributed by atoms with Gasteiger partial charge in [0.1, 0.15) is 5.75 Å². The Hall–Kier alpha value is -1.95. The van der Waals surface area contributed by atoms with E-state index in [4.69, 9.17) is 5.73 Å². The van der Waals surface area contributed by atoms with E-state index in [1.54, 1.807) is 35.3 Å². The van der Waals surface area contributed by atoms with Crippen LogP contribution in [0.4, 0.5) is 8.78 Å². The number of aromatic nitrogens is 2. The van der Waals surface area contributed by atoms with Gasteiger partial charge < -0.3 is 10.5 Å². The first kappa shape index (κ1) is 12.5. The zero-order valence-corrected chi connectivity index (χ0v) is 9.54. The van der Waals surface area contributed by atoms with Crippen LogP contribution in [0.15, 0.2) is 42.7 Å². The molecule has 2 aromatic rings. The molecule has 2 N–H and O–H groups in total. The third-order valence-corrected chi connectivity index (χ3v) is 2.45. The monoisotopic (exact) mass is 253 g/mol. The van der Waals surface area contributed by atoms with Gasteiger partial charge >= 0.3 is 6.61 Å². The Labute approximate surface area is 103 Å². The van der Waals surface area contributed by atoms with E-state index in [1.165, 1.54) is 12.1 Å². The van der Waals surface area contributed by atoms with Crippen LogP contribution in [0, 0.1) is 0 Å². The fraction of sp³-hybridized carbons (Fsp3) is 0.250. The molecule has 0 fully saturated rings. The van der Waals surface area contributed by atoms with Crippen LogP contribution in [0.3, 0.4) is 0 Å². The number of hydrogen-bond acceptors (Lipinski definition) is 3. The van der Waals surface area contributed by atoms with Gasteiger partial charge in [-0.25, -0.2) is 0 Å². The lowest BCUT2D eigenvalue weighted by atomic mass is 10.1. The molecule has 96 valence electrons. The molecular weight excluding hydrogens is 240 g/mol. The van der Waals surface area contributed by atoms with E-state index in [9.17, 15) is 8.78 Å². The second-order valence-electron chi connectivity index (χ2n) is 3.79. The number of ether oxygens (including phenoxy) is 1. The summed E-state index contributed by atoms with van der Waals surface area (Å²) >= 11 is 0. The molecule has 1 atom stereocenters. The van der Waals surface area contributed by atoms with Gasteiger partial charge in [-0.05, 0) is 23.8 Å². The molecule has 4 nitrogen and oxygen atoms in total. The smallest absolute Gasteiger partial charge is 0.387 e. The maximum absolute atomic E-state index is 12.1. The number of halogens is 2. The highest BCUT2D eigenvalue weighted by atomic mass is 19.3. The number of nitrogens with zero attached hydrogens (tertiary/aromatic N) is 2. The second kappa shape index (κ2) is 5.59. The molecule has 0 aliphatic carbocycles. The lowest BCUT2D eigenvalue weighted by Crippen LogP contribution is -2.18. The van der Waals surface area contributed by atoms with Gasteiger partial charge in [-0.3, -0.25) is 4.68 Å². The van der Waals surface area contributed by atoms with Crippen LogP contribution in [-0.4, -0.2) is 16.4 Å². The van der Waals surface area contributed by atoms with Crippen molar-refractivity contribution < 1.29 is 13.5 Å². The zero-order valence-electron chi connectivity index (χ0n) is 9.54.